The quantitative estimate of drug-likeness (QED) is 0.149. The van der Waals surface area contributed by atoms with E-state index in [0.29, 0.717) is 5.75 Å². The molecular formula is C30H46O2. The van der Waals surface area contributed by atoms with Crippen molar-refractivity contribution in [3.05, 3.63) is 42.0 Å². The number of allylic oxidation sites excluding steroid dienone is 2. The minimum absolute atomic E-state index is 0.0234. The van der Waals surface area contributed by atoms with Crippen molar-refractivity contribution in [2.24, 2.45) is 23.7 Å². The van der Waals surface area contributed by atoms with E-state index in [1.807, 2.05) is 12.1 Å². The fourth-order valence-corrected chi connectivity index (χ4v) is 5.60. The van der Waals surface area contributed by atoms with Crippen molar-refractivity contribution in [2.45, 2.75) is 110 Å². The summed E-state index contributed by atoms with van der Waals surface area (Å²) >= 11 is 0. The largest absolute Gasteiger partial charge is 0.426 e. The molecule has 0 unspecified atom stereocenters. The van der Waals surface area contributed by atoms with Gasteiger partial charge in [-0.15, -0.1) is 0 Å². The summed E-state index contributed by atoms with van der Waals surface area (Å²) in [5.41, 5.74) is 1.33. The van der Waals surface area contributed by atoms with Crippen LogP contribution in [0.2, 0.25) is 0 Å². The smallest absolute Gasteiger partial charge is 0.314 e. The fourth-order valence-electron chi connectivity index (χ4n) is 5.60. The van der Waals surface area contributed by atoms with Crippen LogP contribution >= 0.6 is 0 Å². The van der Waals surface area contributed by atoms with Gasteiger partial charge in [-0.3, -0.25) is 4.79 Å². The summed E-state index contributed by atoms with van der Waals surface area (Å²) in [5.74, 6) is 3.35. The number of aryl methyl sites for hydroxylation is 1. The lowest BCUT2D eigenvalue weighted by Crippen LogP contribution is -2.25. The summed E-state index contributed by atoms with van der Waals surface area (Å²) < 4.78 is 5.70. The molecule has 0 spiro atoms. The molecule has 0 amide bonds. The Hall–Kier alpha value is -1.57. The second-order valence-corrected chi connectivity index (χ2v) is 10.4. The zero-order valence-corrected chi connectivity index (χ0v) is 20.7. The molecule has 0 bridgehead atoms. The van der Waals surface area contributed by atoms with Crippen LogP contribution < -0.4 is 4.74 Å². The SMILES string of the molecule is CCCCCc1ccc(OC(=O)C2CCC(CC/C=C/C3CCC(CC)CC3)CC2)cc1. The molecule has 178 valence electrons. The number of carbonyl (C=O) groups is 1. The molecule has 1 aromatic carbocycles. The van der Waals surface area contributed by atoms with Crippen molar-refractivity contribution >= 4 is 5.97 Å². The summed E-state index contributed by atoms with van der Waals surface area (Å²) in [5, 5.41) is 0. The summed E-state index contributed by atoms with van der Waals surface area (Å²) in [4.78, 5) is 12.6. The van der Waals surface area contributed by atoms with Crippen LogP contribution in [0, 0.1) is 23.7 Å². The highest BCUT2D eigenvalue weighted by molar-refractivity contribution is 5.75. The molecule has 0 aromatic heterocycles. The van der Waals surface area contributed by atoms with Crippen LogP contribution in [0.25, 0.3) is 0 Å². The van der Waals surface area contributed by atoms with Gasteiger partial charge >= 0.3 is 5.97 Å². The average Bonchev–Trinajstić information content (AvgIpc) is 2.84. The predicted octanol–water partition coefficient (Wildman–Crippen LogP) is 8.68. The minimum atomic E-state index is -0.0234. The molecule has 0 atom stereocenters. The number of hydrogen-bond acceptors (Lipinski definition) is 2. The number of hydrogen-bond donors (Lipinski definition) is 0. The summed E-state index contributed by atoms with van der Waals surface area (Å²) in [6, 6.07) is 8.15. The van der Waals surface area contributed by atoms with Gasteiger partial charge in [-0.25, -0.2) is 0 Å². The maximum atomic E-state index is 12.6. The molecule has 0 aliphatic heterocycles. The molecule has 0 saturated heterocycles. The summed E-state index contributed by atoms with van der Waals surface area (Å²) in [6.45, 7) is 4.56. The van der Waals surface area contributed by atoms with E-state index in [9.17, 15) is 4.79 Å². The molecule has 32 heavy (non-hydrogen) atoms. The van der Waals surface area contributed by atoms with Crippen molar-refractivity contribution in [2.75, 3.05) is 0 Å². The predicted molar refractivity (Wildman–Crippen MR) is 135 cm³/mol. The first-order valence-electron chi connectivity index (χ1n) is 13.6. The molecule has 3 rings (SSSR count). The van der Waals surface area contributed by atoms with Gasteiger partial charge in [0, 0.05) is 0 Å². The van der Waals surface area contributed by atoms with E-state index in [-0.39, 0.29) is 11.9 Å². The Morgan fingerprint density at radius 1 is 0.906 bits per heavy atom. The Morgan fingerprint density at radius 2 is 1.59 bits per heavy atom. The maximum absolute atomic E-state index is 12.6. The van der Waals surface area contributed by atoms with Gasteiger partial charge in [0.25, 0.3) is 0 Å². The summed E-state index contributed by atoms with van der Waals surface area (Å²) in [6.07, 6.45) is 23.6. The zero-order chi connectivity index (χ0) is 22.6. The molecule has 0 radical (unpaired) electrons. The number of rotatable bonds is 11. The van der Waals surface area contributed by atoms with Crippen LogP contribution in [-0.2, 0) is 11.2 Å². The van der Waals surface area contributed by atoms with E-state index in [2.05, 4.69) is 38.1 Å². The highest BCUT2D eigenvalue weighted by Gasteiger charge is 2.27. The van der Waals surface area contributed by atoms with Gasteiger partial charge in [-0.2, -0.15) is 0 Å². The standard InChI is InChI=1S/C30H46O2/c1-3-5-6-9-27-18-22-29(23-19-27)32-30(31)28-20-16-26(17-21-28)11-8-7-10-25-14-12-24(4-2)13-15-25/h7,10,18-19,22-26,28H,3-6,8-9,11-17,20-21H2,1-2H3/b10-7+. The van der Waals surface area contributed by atoms with Crippen LogP contribution in [0.15, 0.2) is 36.4 Å². The van der Waals surface area contributed by atoms with Gasteiger partial charge in [-0.05, 0) is 112 Å². The van der Waals surface area contributed by atoms with Gasteiger partial charge in [0.05, 0.1) is 5.92 Å². The van der Waals surface area contributed by atoms with Gasteiger partial charge in [-0.1, -0.05) is 57.4 Å². The molecule has 2 nitrogen and oxygen atoms in total. The Balaban J connectivity index is 1.30. The normalized spacial score (nSPS) is 26.3. The van der Waals surface area contributed by atoms with Crippen molar-refractivity contribution in [1.29, 1.82) is 0 Å². The van der Waals surface area contributed by atoms with Crippen molar-refractivity contribution in [3.8, 4) is 5.75 Å². The average molecular weight is 439 g/mol. The first-order valence-corrected chi connectivity index (χ1v) is 13.6. The van der Waals surface area contributed by atoms with E-state index in [0.717, 1.165) is 37.0 Å². The monoisotopic (exact) mass is 438 g/mol. The zero-order valence-electron chi connectivity index (χ0n) is 20.7. The van der Waals surface area contributed by atoms with E-state index in [4.69, 9.17) is 4.74 Å². The third-order valence-corrected chi connectivity index (χ3v) is 8.01. The maximum Gasteiger partial charge on any atom is 0.314 e. The second kappa shape index (κ2) is 13.9. The topological polar surface area (TPSA) is 26.3 Å². The number of unbranched alkanes of at least 4 members (excludes halogenated alkanes) is 2. The van der Waals surface area contributed by atoms with Gasteiger partial charge < -0.3 is 4.74 Å². The van der Waals surface area contributed by atoms with E-state index >= 15 is 0 Å². The number of benzene rings is 1. The molecule has 2 aliphatic carbocycles. The lowest BCUT2D eigenvalue weighted by molar-refractivity contribution is -0.140. The molecule has 2 heteroatoms. The lowest BCUT2D eigenvalue weighted by Gasteiger charge is -2.27. The molecular weight excluding hydrogens is 392 g/mol. The highest BCUT2D eigenvalue weighted by atomic mass is 16.5. The van der Waals surface area contributed by atoms with Crippen molar-refractivity contribution < 1.29 is 9.53 Å². The van der Waals surface area contributed by atoms with Crippen molar-refractivity contribution in [3.63, 3.8) is 0 Å². The van der Waals surface area contributed by atoms with Gasteiger partial charge in [0.2, 0.25) is 0 Å². The number of esters is 1. The first-order chi connectivity index (χ1) is 15.7. The minimum Gasteiger partial charge on any atom is -0.426 e. The van der Waals surface area contributed by atoms with E-state index < -0.39 is 0 Å². The Labute approximate surface area is 197 Å². The molecule has 0 N–H and O–H groups in total. The molecule has 1 aromatic rings. The van der Waals surface area contributed by atoms with Crippen LogP contribution in [0.3, 0.4) is 0 Å². The van der Waals surface area contributed by atoms with E-state index in [1.165, 1.54) is 82.6 Å². The van der Waals surface area contributed by atoms with Crippen LogP contribution in [0.4, 0.5) is 0 Å². The molecule has 2 saturated carbocycles. The third kappa shape index (κ3) is 8.41. The van der Waals surface area contributed by atoms with Crippen LogP contribution in [0.5, 0.6) is 5.75 Å². The first kappa shape index (κ1) is 25.1. The third-order valence-electron chi connectivity index (χ3n) is 8.01. The second-order valence-electron chi connectivity index (χ2n) is 10.4. The Morgan fingerprint density at radius 3 is 2.25 bits per heavy atom. The van der Waals surface area contributed by atoms with Gasteiger partial charge in [0.1, 0.15) is 5.75 Å². The molecule has 0 heterocycles. The Kier molecular flexibility index (Phi) is 10.9. The van der Waals surface area contributed by atoms with Crippen LogP contribution in [0.1, 0.15) is 109 Å². The lowest BCUT2D eigenvalue weighted by atomic mass is 9.79. The van der Waals surface area contributed by atoms with Gasteiger partial charge in [0.15, 0.2) is 0 Å². The van der Waals surface area contributed by atoms with Crippen molar-refractivity contribution in [1.82, 2.24) is 0 Å². The molecule has 2 aliphatic rings. The number of carbonyl (C=O) groups excluding carboxylic acids is 1. The Bertz CT molecular complexity index is 673. The molecule has 2 fully saturated rings. The van der Waals surface area contributed by atoms with E-state index in [1.54, 1.807) is 0 Å². The number of ether oxygens (including phenoxy) is 1. The van der Waals surface area contributed by atoms with Crippen LogP contribution in [-0.4, -0.2) is 5.97 Å². The fraction of sp³-hybridized carbons (Fsp3) is 0.700. The summed E-state index contributed by atoms with van der Waals surface area (Å²) in [7, 11) is 0. The highest BCUT2D eigenvalue weighted by Crippen LogP contribution is 2.34.